The summed E-state index contributed by atoms with van der Waals surface area (Å²) >= 11 is 0. The minimum absolute atomic E-state index is 0.00570. The Balaban J connectivity index is 2.34. The summed E-state index contributed by atoms with van der Waals surface area (Å²) in [7, 11) is 6.06. The van der Waals surface area contributed by atoms with E-state index in [-0.39, 0.29) is 5.75 Å². The van der Waals surface area contributed by atoms with Crippen LogP contribution in [0.4, 0.5) is 11.4 Å². The Bertz CT molecular complexity index is 691. The van der Waals surface area contributed by atoms with Gasteiger partial charge in [0.05, 0.1) is 39.8 Å². The van der Waals surface area contributed by atoms with E-state index >= 15 is 0 Å². The molecule has 0 saturated carbocycles. The lowest BCUT2D eigenvalue weighted by molar-refractivity contribution is 0.324. The lowest BCUT2D eigenvalue weighted by Gasteiger charge is -2.12. The fourth-order valence-electron chi connectivity index (χ4n) is 1.98. The molecule has 0 radical (unpaired) electrons. The van der Waals surface area contributed by atoms with Crippen LogP contribution in [0.15, 0.2) is 40.6 Å². The normalized spacial score (nSPS) is 10.6. The molecule has 0 spiro atoms. The van der Waals surface area contributed by atoms with Crippen LogP contribution in [0.5, 0.6) is 28.7 Å². The van der Waals surface area contributed by atoms with Crippen LogP contribution in [-0.4, -0.2) is 33.5 Å². The number of ether oxygens (including phenoxy) is 4. The standard InChI is InChI=1S/C16H18N2O5/c1-20-13-6-5-10(7-12(13)19)17-18-11-8-14(21-2)16(23-4)15(9-11)22-3/h5-9,19H,1-4H3/b18-17+. The highest BCUT2D eigenvalue weighted by Crippen LogP contribution is 2.41. The first kappa shape index (κ1) is 16.4. The molecular weight excluding hydrogens is 300 g/mol. The van der Waals surface area contributed by atoms with E-state index in [2.05, 4.69) is 10.2 Å². The zero-order chi connectivity index (χ0) is 16.8. The molecule has 0 fully saturated rings. The molecule has 7 nitrogen and oxygen atoms in total. The van der Waals surface area contributed by atoms with E-state index in [0.29, 0.717) is 34.4 Å². The average Bonchev–Trinajstić information content (AvgIpc) is 2.58. The van der Waals surface area contributed by atoms with Gasteiger partial charge in [-0.15, -0.1) is 0 Å². The highest BCUT2D eigenvalue weighted by atomic mass is 16.5. The molecule has 122 valence electrons. The minimum atomic E-state index is -0.00570. The molecule has 7 heteroatoms. The largest absolute Gasteiger partial charge is 0.504 e. The van der Waals surface area contributed by atoms with Gasteiger partial charge in [-0.05, 0) is 12.1 Å². The van der Waals surface area contributed by atoms with Gasteiger partial charge in [0.15, 0.2) is 23.0 Å². The molecule has 2 aromatic rings. The van der Waals surface area contributed by atoms with Crippen molar-refractivity contribution in [3.05, 3.63) is 30.3 Å². The van der Waals surface area contributed by atoms with Crippen LogP contribution in [0.3, 0.4) is 0 Å². The number of phenols is 1. The number of hydrogen-bond acceptors (Lipinski definition) is 7. The Hall–Kier alpha value is -2.96. The van der Waals surface area contributed by atoms with Crippen molar-refractivity contribution in [3.8, 4) is 28.7 Å². The Kier molecular flexibility index (Phi) is 5.24. The molecule has 0 aromatic heterocycles. The van der Waals surface area contributed by atoms with E-state index in [1.54, 1.807) is 24.3 Å². The lowest BCUT2D eigenvalue weighted by Crippen LogP contribution is -1.94. The summed E-state index contributed by atoms with van der Waals surface area (Å²) in [4.78, 5) is 0. The molecule has 0 heterocycles. The van der Waals surface area contributed by atoms with Gasteiger partial charge in [-0.2, -0.15) is 10.2 Å². The van der Waals surface area contributed by atoms with Crippen LogP contribution in [0.25, 0.3) is 0 Å². The zero-order valence-corrected chi connectivity index (χ0v) is 13.4. The molecule has 2 rings (SSSR count). The van der Waals surface area contributed by atoms with Crippen LogP contribution >= 0.6 is 0 Å². The van der Waals surface area contributed by atoms with Crippen molar-refractivity contribution in [2.45, 2.75) is 0 Å². The molecule has 1 N–H and O–H groups in total. The number of aromatic hydroxyl groups is 1. The molecule has 0 aliphatic heterocycles. The van der Waals surface area contributed by atoms with E-state index in [9.17, 15) is 5.11 Å². The second-order valence-corrected chi connectivity index (χ2v) is 4.44. The Morgan fingerprint density at radius 2 is 1.26 bits per heavy atom. The summed E-state index contributed by atoms with van der Waals surface area (Å²) in [6, 6.07) is 8.10. The number of azo groups is 1. The summed E-state index contributed by atoms with van der Waals surface area (Å²) in [5.74, 6) is 1.82. The molecule has 0 bridgehead atoms. The van der Waals surface area contributed by atoms with Crippen LogP contribution in [-0.2, 0) is 0 Å². The molecular formula is C16H18N2O5. The molecule has 23 heavy (non-hydrogen) atoms. The molecule has 0 unspecified atom stereocenters. The number of phenolic OH excluding ortho intramolecular Hbond substituents is 1. The zero-order valence-electron chi connectivity index (χ0n) is 13.4. The van der Waals surface area contributed by atoms with Gasteiger partial charge in [0.25, 0.3) is 0 Å². The predicted octanol–water partition coefficient (Wildman–Crippen LogP) is 3.84. The fourth-order valence-corrected chi connectivity index (χ4v) is 1.98. The maximum Gasteiger partial charge on any atom is 0.203 e. The van der Waals surface area contributed by atoms with Crippen LogP contribution in [0.1, 0.15) is 0 Å². The fraction of sp³-hybridized carbons (Fsp3) is 0.250. The Morgan fingerprint density at radius 1 is 0.696 bits per heavy atom. The van der Waals surface area contributed by atoms with Crippen molar-refractivity contribution in [2.75, 3.05) is 28.4 Å². The first-order valence-corrected chi connectivity index (χ1v) is 6.71. The number of benzene rings is 2. The monoisotopic (exact) mass is 318 g/mol. The molecule has 0 aliphatic carbocycles. The van der Waals surface area contributed by atoms with Gasteiger partial charge in [-0.25, -0.2) is 0 Å². The van der Waals surface area contributed by atoms with E-state index in [1.807, 2.05) is 0 Å². The van der Waals surface area contributed by atoms with Gasteiger partial charge in [0.2, 0.25) is 5.75 Å². The Labute approximate surface area is 134 Å². The molecule has 0 atom stereocenters. The number of nitrogens with zero attached hydrogens (tertiary/aromatic N) is 2. The summed E-state index contributed by atoms with van der Waals surface area (Å²) in [6.07, 6.45) is 0. The molecule has 0 saturated heterocycles. The van der Waals surface area contributed by atoms with Crippen molar-refractivity contribution < 1.29 is 24.1 Å². The van der Waals surface area contributed by atoms with Crippen molar-refractivity contribution in [3.63, 3.8) is 0 Å². The van der Waals surface area contributed by atoms with Crippen molar-refractivity contribution in [1.82, 2.24) is 0 Å². The number of rotatable bonds is 6. The van der Waals surface area contributed by atoms with Gasteiger partial charge in [0, 0.05) is 18.2 Å². The topological polar surface area (TPSA) is 81.9 Å². The number of methoxy groups -OCH3 is 4. The second-order valence-electron chi connectivity index (χ2n) is 4.44. The third kappa shape index (κ3) is 3.63. The second kappa shape index (κ2) is 7.35. The van der Waals surface area contributed by atoms with Crippen LogP contribution < -0.4 is 18.9 Å². The Morgan fingerprint density at radius 3 is 1.74 bits per heavy atom. The summed E-state index contributed by atoms with van der Waals surface area (Å²) in [5.41, 5.74) is 1.01. The van der Waals surface area contributed by atoms with Gasteiger partial charge in [0.1, 0.15) is 0 Å². The van der Waals surface area contributed by atoms with Crippen LogP contribution in [0.2, 0.25) is 0 Å². The summed E-state index contributed by atoms with van der Waals surface area (Å²) in [5, 5.41) is 17.9. The van der Waals surface area contributed by atoms with Crippen LogP contribution in [0, 0.1) is 0 Å². The highest BCUT2D eigenvalue weighted by Gasteiger charge is 2.13. The van der Waals surface area contributed by atoms with Gasteiger partial charge < -0.3 is 24.1 Å². The van der Waals surface area contributed by atoms with Gasteiger partial charge in [-0.3, -0.25) is 0 Å². The van der Waals surface area contributed by atoms with E-state index in [0.717, 1.165) is 0 Å². The minimum Gasteiger partial charge on any atom is -0.504 e. The van der Waals surface area contributed by atoms with E-state index < -0.39 is 0 Å². The van der Waals surface area contributed by atoms with Crippen molar-refractivity contribution in [1.29, 1.82) is 0 Å². The van der Waals surface area contributed by atoms with Crippen molar-refractivity contribution in [2.24, 2.45) is 10.2 Å². The third-order valence-electron chi connectivity index (χ3n) is 3.09. The summed E-state index contributed by atoms with van der Waals surface area (Å²) in [6.45, 7) is 0. The first-order valence-electron chi connectivity index (χ1n) is 6.71. The number of hydrogen-bond donors (Lipinski definition) is 1. The van der Waals surface area contributed by atoms with Gasteiger partial charge in [-0.1, -0.05) is 0 Å². The predicted molar refractivity (Wildman–Crippen MR) is 84.9 cm³/mol. The maximum atomic E-state index is 9.74. The van der Waals surface area contributed by atoms with Gasteiger partial charge >= 0.3 is 0 Å². The average molecular weight is 318 g/mol. The lowest BCUT2D eigenvalue weighted by atomic mass is 10.2. The highest BCUT2D eigenvalue weighted by molar-refractivity contribution is 5.60. The molecule has 0 amide bonds. The smallest absolute Gasteiger partial charge is 0.203 e. The molecule has 2 aromatic carbocycles. The third-order valence-corrected chi connectivity index (χ3v) is 3.09. The maximum absolute atomic E-state index is 9.74. The summed E-state index contributed by atoms with van der Waals surface area (Å²) < 4.78 is 20.7. The first-order chi connectivity index (χ1) is 11.1. The quantitative estimate of drug-likeness (QED) is 0.818. The SMILES string of the molecule is COc1ccc(/N=N/c2cc(OC)c(OC)c(OC)c2)cc1O. The van der Waals surface area contributed by atoms with E-state index in [4.69, 9.17) is 18.9 Å². The van der Waals surface area contributed by atoms with E-state index in [1.165, 1.54) is 34.5 Å². The molecule has 0 aliphatic rings. The van der Waals surface area contributed by atoms with Crippen molar-refractivity contribution >= 4 is 11.4 Å².